The highest BCUT2D eigenvalue weighted by Gasteiger charge is 2.36. The normalized spacial score (nSPS) is 14.7. The van der Waals surface area contributed by atoms with Crippen LogP contribution < -0.4 is 19.7 Å². The number of barbiturate groups is 1. The van der Waals surface area contributed by atoms with Gasteiger partial charge in [-0.25, -0.2) is 9.69 Å². The number of hydrogen-bond donors (Lipinski definition) is 1. The van der Waals surface area contributed by atoms with Crippen molar-refractivity contribution < 1.29 is 23.9 Å². The van der Waals surface area contributed by atoms with Crippen LogP contribution in [0.2, 0.25) is 15.1 Å². The summed E-state index contributed by atoms with van der Waals surface area (Å²) >= 11 is 18.3. The van der Waals surface area contributed by atoms with Crippen LogP contribution in [-0.4, -0.2) is 24.5 Å². The molecule has 10 heteroatoms. The summed E-state index contributed by atoms with van der Waals surface area (Å²) in [4.78, 5) is 38.9. The van der Waals surface area contributed by atoms with E-state index in [0.717, 1.165) is 10.5 Å². The van der Waals surface area contributed by atoms with E-state index < -0.39 is 17.8 Å². The van der Waals surface area contributed by atoms with Crippen LogP contribution in [0.4, 0.5) is 10.5 Å². The molecular weight excluding hydrogens is 527 g/mol. The molecule has 0 atom stereocenters. The summed E-state index contributed by atoms with van der Waals surface area (Å²) in [6.07, 6.45) is 1.34. The Kier molecular flexibility index (Phi) is 7.84. The van der Waals surface area contributed by atoms with Gasteiger partial charge in [-0.1, -0.05) is 46.9 Å². The molecule has 0 aliphatic carbocycles. The molecule has 184 valence electrons. The Labute approximate surface area is 222 Å². The fourth-order valence-electron chi connectivity index (χ4n) is 3.46. The van der Waals surface area contributed by atoms with E-state index in [9.17, 15) is 14.4 Å². The summed E-state index contributed by atoms with van der Waals surface area (Å²) in [5.41, 5.74) is 1.30. The van der Waals surface area contributed by atoms with Crippen LogP contribution in [0.1, 0.15) is 18.1 Å². The van der Waals surface area contributed by atoms with Gasteiger partial charge in [0.05, 0.1) is 17.3 Å². The van der Waals surface area contributed by atoms with E-state index in [1.165, 1.54) is 36.4 Å². The van der Waals surface area contributed by atoms with Crippen molar-refractivity contribution in [3.63, 3.8) is 0 Å². The molecule has 7 nitrogen and oxygen atoms in total. The summed E-state index contributed by atoms with van der Waals surface area (Å²) in [5.74, 6) is -0.969. The maximum absolute atomic E-state index is 13.1. The van der Waals surface area contributed by atoms with E-state index in [-0.39, 0.29) is 22.9 Å². The fourth-order valence-corrected chi connectivity index (χ4v) is 3.98. The topological polar surface area (TPSA) is 84.9 Å². The molecule has 1 fully saturated rings. The van der Waals surface area contributed by atoms with Gasteiger partial charge in [-0.2, -0.15) is 0 Å². The summed E-state index contributed by atoms with van der Waals surface area (Å²) in [5, 5.41) is 3.45. The van der Waals surface area contributed by atoms with Crippen LogP contribution in [0, 0.1) is 0 Å². The molecule has 36 heavy (non-hydrogen) atoms. The first kappa shape index (κ1) is 25.6. The Morgan fingerprint density at radius 3 is 2.17 bits per heavy atom. The maximum Gasteiger partial charge on any atom is 0.335 e. The molecular formula is C26H19Cl3N2O5. The van der Waals surface area contributed by atoms with E-state index in [0.29, 0.717) is 33.7 Å². The monoisotopic (exact) mass is 544 g/mol. The molecule has 0 unspecified atom stereocenters. The second kappa shape index (κ2) is 11.0. The number of carbonyl (C=O) groups excluding carboxylic acids is 3. The fraction of sp³-hybridized carbons (Fsp3) is 0.115. The van der Waals surface area contributed by atoms with Gasteiger partial charge < -0.3 is 9.47 Å². The average Bonchev–Trinajstić information content (AvgIpc) is 2.83. The van der Waals surface area contributed by atoms with Crippen molar-refractivity contribution in [2.45, 2.75) is 13.5 Å². The van der Waals surface area contributed by atoms with Gasteiger partial charge in [0.25, 0.3) is 11.8 Å². The molecule has 4 amide bonds. The number of benzene rings is 3. The first-order valence-electron chi connectivity index (χ1n) is 10.8. The van der Waals surface area contributed by atoms with Crippen molar-refractivity contribution in [1.82, 2.24) is 5.32 Å². The van der Waals surface area contributed by atoms with Crippen molar-refractivity contribution in [2.24, 2.45) is 0 Å². The first-order chi connectivity index (χ1) is 17.3. The molecule has 1 heterocycles. The van der Waals surface area contributed by atoms with E-state index in [2.05, 4.69) is 5.32 Å². The molecule has 1 N–H and O–H groups in total. The van der Waals surface area contributed by atoms with Crippen LogP contribution in [0.15, 0.2) is 66.2 Å². The van der Waals surface area contributed by atoms with Gasteiger partial charge in [0.15, 0.2) is 11.5 Å². The van der Waals surface area contributed by atoms with Crippen molar-refractivity contribution >= 4 is 64.4 Å². The highest BCUT2D eigenvalue weighted by atomic mass is 35.5. The van der Waals surface area contributed by atoms with Gasteiger partial charge in [-0.15, -0.1) is 0 Å². The third-order valence-electron chi connectivity index (χ3n) is 5.13. The zero-order valence-corrected chi connectivity index (χ0v) is 21.2. The van der Waals surface area contributed by atoms with Crippen LogP contribution in [0.3, 0.4) is 0 Å². The molecule has 1 aliphatic heterocycles. The molecule has 4 rings (SSSR count). The largest absolute Gasteiger partial charge is 0.490 e. The summed E-state index contributed by atoms with van der Waals surface area (Å²) in [6.45, 7) is 2.35. The van der Waals surface area contributed by atoms with E-state index >= 15 is 0 Å². The molecule has 0 spiro atoms. The number of imide groups is 2. The standard InChI is InChI=1S/C26H19Cl3N2O5/c1-2-35-22-13-16(12-21(29)23(22)36-14-15-3-5-17(27)6-4-15)11-20-24(32)30-26(34)31(25(20)33)19-9-7-18(28)8-10-19/h3-13H,2,14H2,1H3,(H,30,32,34)/b20-11+. The number of ether oxygens (including phenoxy) is 2. The Hall–Kier alpha value is -3.52. The second-order valence-corrected chi connectivity index (χ2v) is 8.89. The minimum absolute atomic E-state index is 0.219. The molecule has 1 aliphatic rings. The quantitative estimate of drug-likeness (QED) is 0.279. The lowest BCUT2D eigenvalue weighted by molar-refractivity contribution is -0.122. The van der Waals surface area contributed by atoms with Crippen LogP contribution in [-0.2, 0) is 16.2 Å². The predicted molar refractivity (Wildman–Crippen MR) is 139 cm³/mol. The van der Waals surface area contributed by atoms with Crippen molar-refractivity contribution in [3.8, 4) is 11.5 Å². The van der Waals surface area contributed by atoms with Crippen molar-refractivity contribution in [2.75, 3.05) is 11.5 Å². The smallest absolute Gasteiger partial charge is 0.335 e. The van der Waals surface area contributed by atoms with Crippen molar-refractivity contribution in [1.29, 1.82) is 0 Å². The first-order valence-corrected chi connectivity index (χ1v) is 11.9. The lowest BCUT2D eigenvalue weighted by atomic mass is 10.1. The lowest BCUT2D eigenvalue weighted by Crippen LogP contribution is -2.54. The van der Waals surface area contributed by atoms with Gasteiger partial charge in [0.1, 0.15) is 12.2 Å². The van der Waals surface area contributed by atoms with E-state index in [1.54, 1.807) is 25.1 Å². The number of halogens is 3. The number of nitrogens with zero attached hydrogens (tertiary/aromatic N) is 1. The predicted octanol–water partition coefficient (Wildman–Crippen LogP) is 6.29. The minimum Gasteiger partial charge on any atom is -0.490 e. The molecule has 1 saturated heterocycles. The van der Waals surface area contributed by atoms with Crippen LogP contribution >= 0.6 is 34.8 Å². The lowest BCUT2D eigenvalue weighted by Gasteiger charge is -2.26. The molecule has 3 aromatic rings. The molecule has 0 radical (unpaired) electrons. The van der Waals surface area contributed by atoms with Gasteiger partial charge in [-0.05, 0) is 72.7 Å². The zero-order chi connectivity index (χ0) is 25.8. The second-order valence-electron chi connectivity index (χ2n) is 7.61. The van der Waals surface area contributed by atoms with E-state index in [1.807, 2.05) is 12.1 Å². The number of nitrogens with one attached hydrogen (secondary N) is 1. The minimum atomic E-state index is -0.858. The SMILES string of the molecule is CCOc1cc(/C=C2\C(=O)NC(=O)N(c3ccc(Cl)cc3)C2=O)cc(Cl)c1OCc1ccc(Cl)cc1. The number of rotatable bonds is 7. The van der Waals surface area contributed by atoms with Gasteiger partial charge in [-0.3, -0.25) is 14.9 Å². The molecule has 0 aromatic heterocycles. The number of hydrogen-bond acceptors (Lipinski definition) is 5. The average molecular weight is 546 g/mol. The number of urea groups is 1. The highest BCUT2D eigenvalue weighted by Crippen LogP contribution is 2.38. The Balaban J connectivity index is 1.65. The van der Waals surface area contributed by atoms with Crippen molar-refractivity contribution in [3.05, 3.63) is 92.4 Å². The molecule has 0 saturated carbocycles. The molecule has 3 aromatic carbocycles. The Morgan fingerprint density at radius 1 is 0.889 bits per heavy atom. The van der Waals surface area contributed by atoms with E-state index in [4.69, 9.17) is 44.3 Å². The summed E-state index contributed by atoms with van der Waals surface area (Å²) in [6, 6.07) is 15.5. The van der Waals surface area contributed by atoms with Gasteiger partial charge in [0.2, 0.25) is 0 Å². The highest BCUT2D eigenvalue weighted by molar-refractivity contribution is 6.39. The third-order valence-corrected chi connectivity index (χ3v) is 5.91. The number of amides is 4. The Morgan fingerprint density at radius 2 is 1.53 bits per heavy atom. The summed E-state index contributed by atoms with van der Waals surface area (Å²) < 4.78 is 11.6. The third kappa shape index (κ3) is 5.65. The zero-order valence-electron chi connectivity index (χ0n) is 18.9. The summed E-state index contributed by atoms with van der Waals surface area (Å²) in [7, 11) is 0. The Bertz CT molecular complexity index is 1360. The molecule has 0 bridgehead atoms. The van der Waals surface area contributed by atoms with Gasteiger partial charge >= 0.3 is 6.03 Å². The van der Waals surface area contributed by atoms with Crippen LogP contribution in [0.25, 0.3) is 6.08 Å². The maximum atomic E-state index is 13.1. The van der Waals surface area contributed by atoms with Crippen LogP contribution in [0.5, 0.6) is 11.5 Å². The number of carbonyl (C=O) groups is 3. The number of anilines is 1. The van der Waals surface area contributed by atoms with Gasteiger partial charge in [0, 0.05) is 10.0 Å².